The summed E-state index contributed by atoms with van der Waals surface area (Å²) in [6, 6.07) is 6.77. The van der Waals surface area contributed by atoms with Crippen LogP contribution in [-0.4, -0.2) is 16.1 Å². The van der Waals surface area contributed by atoms with Gasteiger partial charge in [-0.1, -0.05) is 25.0 Å². The quantitative estimate of drug-likeness (QED) is 0.788. The normalized spacial score (nSPS) is 15.8. The summed E-state index contributed by atoms with van der Waals surface area (Å²) in [5.41, 5.74) is 1.29. The van der Waals surface area contributed by atoms with Crippen molar-refractivity contribution in [2.75, 3.05) is 0 Å². The van der Waals surface area contributed by atoms with Gasteiger partial charge in [0.25, 0.3) is 0 Å². The van der Waals surface area contributed by atoms with Gasteiger partial charge in [-0.3, -0.25) is 9.48 Å². The van der Waals surface area contributed by atoms with Crippen LogP contribution in [0.25, 0.3) is 11.3 Å². The zero-order valence-corrected chi connectivity index (χ0v) is 10.6. The summed E-state index contributed by atoms with van der Waals surface area (Å²) in [6.07, 6.45) is 7.03. The van der Waals surface area contributed by atoms with E-state index < -0.39 is 0 Å². The van der Waals surface area contributed by atoms with Gasteiger partial charge in [-0.05, 0) is 25.0 Å². The molecule has 1 fully saturated rings. The average molecular weight is 258 g/mol. The summed E-state index contributed by atoms with van der Waals surface area (Å²) >= 11 is 0. The van der Waals surface area contributed by atoms with Crippen LogP contribution < -0.4 is 0 Å². The second-order valence-corrected chi connectivity index (χ2v) is 4.95. The fraction of sp³-hybridized carbons (Fsp3) is 0.333. The Kier molecular flexibility index (Phi) is 3.15. The van der Waals surface area contributed by atoms with Gasteiger partial charge in [-0.25, -0.2) is 4.39 Å². The van der Waals surface area contributed by atoms with Gasteiger partial charge in [-0.15, -0.1) is 0 Å². The van der Waals surface area contributed by atoms with E-state index >= 15 is 0 Å². The number of rotatable bonds is 3. The van der Waals surface area contributed by atoms with Crippen molar-refractivity contribution >= 4 is 6.29 Å². The number of carbonyl (C=O) groups is 1. The molecule has 0 spiro atoms. The highest BCUT2D eigenvalue weighted by molar-refractivity contribution is 5.85. The molecule has 0 unspecified atom stereocenters. The van der Waals surface area contributed by atoms with E-state index in [0.717, 1.165) is 19.1 Å². The lowest BCUT2D eigenvalue weighted by atomic mass is 10.1. The second-order valence-electron chi connectivity index (χ2n) is 4.95. The highest BCUT2D eigenvalue weighted by atomic mass is 19.1. The van der Waals surface area contributed by atoms with E-state index in [1.165, 1.54) is 18.9 Å². The summed E-state index contributed by atoms with van der Waals surface area (Å²) in [4.78, 5) is 11.2. The first kappa shape index (κ1) is 12.1. The van der Waals surface area contributed by atoms with Crippen LogP contribution in [0, 0.1) is 5.82 Å². The van der Waals surface area contributed by atoms with Gasteiger partial charge in [0.2, 0.25) is 0 Å². The van der Waals surface area contributed by atoms with Crippen LogP contribution in [0.15, 0.2) is 30.5 Å². The van der Waals surface area contributed by atoms with Crippen molar-refractivity contribution in [1.29, 1.82) is 0 Å². The Morgan fingerprint density at radius 1 is 1.26 bits per heavy atom. The highest BCUT2D eigenvalue weighted by Gasteiger charge is 2.21. The summed E-state index contributed by atoms with van der Waals surface area (Å²) < 4.78 is 15.6. The SMILES string of the molecule is O=Cc1cn(C2CCCC2)nc1-c1ccccc1F. The molecule has 1 aliphatic carbocycles. The predicted octanol–water partition coefficient (Wildman–Crippen LogP) is 3.62. The van der Waals surface area contributed by atoms with Crippen molar-refractivity contribution in [1.82, 2.24) is 9.78 Å². The Hall–Kier alpha value is -1.97. The van der Waals surface area contributed by atoms with Crippen LogP contribution >= 0.6 is 0 Å². The molecule has 2 aromatic rings. The van der Waals surface area contributed by atoms with Gasteiger partial charge in [0, 0.05) is 11.8 Å². The minimum atomic E-state index is -0.345. The van der Waals surface area contributed by atoms with Gasteiger partial charge in [0.05, 0.1) is 11.6 Å². The van der Waals surface area contributed by atoms with Crippen LogP contribution in [0.1, 0.15) is 42.1 Å². The minimum absolute atomic E-state index is 0.345. The van der Waals surface area contributed by atoms with Crippen LogP contribution in [0.5, 0.6) is 0 Å². The number of hydrogen-bond acceptors (Lipinski definition) is 2. The molecule has 98 valence electrons. The molecule has 19 heavy (non-hydrogen) atoms. The van der Waals surface area contributed by atoms with Crippen molar-refractivity contribution in [3.8, 4) is 11.3 Å². The number of benzene rings is 1. The maximum Gasteiger partial charge on any atom is 0.153 e. The topological polar surface area (TPSA) is 34.9 Å². The Bertz CT molecular complexity index is 600. The molecule has 3 rings (SSSR count). The van der Waals surface area contributed by atoms with Gasteiger partial charge in [0.1, 0.15) is 11.5 Å². The molecule has 3 nitrogen and oxygen atoms in total. The molecule has 4 heteroatoms. The van der Waals surface area contributed by atoms with Crippen LogP contribution in [0.3, 0.4) is 0 Å². The second kappa shape index (κ2) is 4.96. The third-order valence-corrected chi connectivity index (χ3v) is 3.72. The zero-order valence-electron chi connectivity index (χ0n) is 10.6. The molecular formula is C15H15FN2O. The Morgan fingerprint density at radius 2 is 2.00 bits per heavy atom. The smallest absolute Gasteiger partial charge is 0.153 e. The van der Waals surface area contributed by atoms with E-state index in [1.54, 1.807) is 24.4 Å². The molecule has 1 saturated carbocycles. The van der Waals surface area contributed by atoms with Crippen molar-refractivity contribution in [3.63, 3.8) is 0 Å². The summed E-state index contributed by atoms with van der Waals surface area (Å²) in [6.45, 7) is 0. The van der Waals surface area contributed by atoms with Crippen LogP contribution in [0.4, 0.5) is 4.39 Å². The van der Waals surface area contributed by atoms with Crippen molar-refractivity contribution < 1.29 is 9.18 Å². The molecule has 0 amide bonds. The predicted molar refractivity (Wildman–Crippen MR) is 70.5 cm³/mol. The molecular weight excluding hydrogens is 243 g/mol. The fourth-order valence-electron chi connectivity index (χ4n) is 2.71. The maximum atomic E-state index is 13.8. The molecule has 0 aliphatic heterocycles. The molecule has 1 heterocycles. The molecule has 0 bridgehead atoms. The lowest BCUT2D eigenvalue weighted by molar-refractivity contribution is 0.112. The lowest BCUT2D eigenvalue weighted by Crippen LogP contribution is -2.05. The van der Waals surface area contributed by atoms with Gasteiger partial charge in [0.15, 0.2) is 6.29 Å². The Labute approximate surface area is 111 Å². The third kappa shape index (κ3) is 2.18. The first-order valence-corrected chi connectivity index (χ1v) is 6.59. The monoisotopic (exact) mass is 258 g/mol. The molecule has 1 aromatic carbocycles. The van der Waals surface area contributed by atoms with E-state index in [4.69, 9.17) is 0 Å². The lowest BCUT2D eigenvalue weighted by Gasteiger charge is -2.08. The first-order valence-electron chi connectivity index (χ1n) is 6.59. The summed E-state index contributed by atoms with van der Waals surface area (Å²) in [7, 11) is 0. The largest absolute Gasteiger partial charge is 0.298 e. The van der Waals surface area contributed by atoms with Crippen molar-refractivity contribution in [2.45, 2.75) is 31.7 Å². The third-order valence-electron chi connectivity index (χ3n) is 3.72. The van der Waals surface area contributed by atoms with Crippen LogP contribution in [0.2, 0.25) is 0 Å². The van der Waals surface area contributed by atoms with Crippen LogP contribution in [-0.2, 0) is 0 Å². The van der Waals surface area contributed by atoms with E-state index in [9.17, 15) is 9.18 Å². The molecule has 0 radical (unpaired) electrons. The van der Waals surface area contributed by atoms with Crippen molar-refractivity contribution in [2.24, 2.45) is 0 Å². The number of aldehydes is 1. The Balaban J connectivity index is 2.05. The number of hydrogen-bond donors (Lipinski definition) is 0. The minimum Gasteiger partial charge on any atom is -0.298 e. The first-order chi connectivity index (χ1) is 9.29. The van der Waals surface area contributed by atoms with Gasteiger partial charge in [-0.2, -0.15) is 5.10 Å². The highest BCUT2D eigenvalue weighted by Crippen LogP contribution is 2.31. The molecule has 1 aliphatic rings. The average Bonchev–Trinajstić information content (AvgIpc) is 3.08. The summed E-state index contributed by atoms with van der Waals surface area (Å²) in [5.74, 6) is -0.345. The molecule has 0 N–H and O–H groups in total. The molecule has 0 atom stereocenters. The molecule has 1 aromatic heterocycles. The summed E-state index contributed by atoms with van der Waals surface area (Å²) in [5, 5.41) is 4.44. The van der Waals surface area contributed by atoms with E-state index in [-0.39, 0.29) is 5.82 Å². The van der Waals surface area contributed by atoms with E-state index in [2.05, 4.69) is 5.10 Å². The number of halogens is 1. The fourth-order valence-corrected chi connectivity index (χ4v) is 2.71. The molecule has 0 saturated heterocycles. The maximum absolute atomic E-state index is 13.8. The zero-order chi connectivity index (χ0) is 13.2. The Morgan fingerprint density at radius 3 is 2.68 bits per heavy atom. The number of carbonyl (C=O) groups excluding carboxylic acids is 1. The van der Waals surface area contributed by atoms with Gasteiger partial charge >= 0.3 is 0 Å². The number of nitrogens with zero attached hydrogens (tertiary/aromatic N) is 2. The van der Waals surface area contributed by atoms with Gasteiger partial charge < -0.3 is 0 Å². The van der Waals surface area contributed by atoms with E-state index in [1.807, 2.05) is 4.68 Å². The number of aromatic nitrogens is 2. The standard InChI is InChI=1S/C15H15FN2O/c16-14-8-4-3-7-13(14)15-11(10-19)9-18(17-15)12-5-1-2-6-12/h3-4,7-10,12H,1-2,5-6H2. The van der Waals surface area contributed by atoms with Crippen molar-refractivity contribution in [3.05, 3.63) is 41.8 Å². The van der Waals surface area contributed by atoms with E-state index in [0.29, 0.717) is 22.9 Å².